The van der Waals surface area contributed by atoms with E-state index in [1.54, 1.807) is 51.1 Å². The maximum atomic E-state index is 13.4. The predicted octanol–water partition coefficient (Wildman–Crippen LogP) is 4.00. The molecule has 0 saturated carbocycles. The number of carbonyl (C=O) groups excluding carboxylic acids is 1. The quantitative estimate of drug-likeness (QED) is 0.673. The molecule has 0 aliphatic carbocycles. The molecule has 1 N–H and O–H groups in total. The zero-order valence-corrected chi connectivity index (χ0v) is 20.4. The molecule has 4 rings (SSSR count). The van der Waals surface area contributed by atoms with Gasteiger partial charge < -0.3 is 10.2 Å². The number of pyridine rings is 1. The molecule has 188 valence electrons. The molecule has 1 aromatic heterocycles. The molecule has 2 aromatic rings. The third-order valence-corrected chi connectivity index (χ3v) is 8.16. The summed E-state index contributed by atoms with van der Waals surface area (Å²) in [6, 6.07) is 10.7. The van der Waals surface area contributed by atoms with Crippen LogP contribution in [0.1, 0.15) is 44.7 Å². The van der Waals surface area contributed by atoms with Gasteiger partial charge in [0.2, 0.25) is 0 Å². The number of anilines is 1. The lowest BCUT2D eigenvalue weighted by Gasteiger charge is -2.34. The van der Waals surface area contributed by atoms with E-state index >= 15 is 0 Å². The van der Waals surface area contributed by atoms with Crippen molar-refractivity contribution in [3.8, 4) is 0 Å². The number of nitrogens with one attached hydrogen (secondary N) is 1. The minimum Gasteiger partial charge on any atom is -0.377 e. The maximum absolute atomic E-state index is 13.4. The Bertz CT molecular complexity index is 1230. The van der Waals surface area contributed by atoms with Gasteiger partial charge in [0, 0.05) is 25.3 Å². The van der Waals surface area contributed by atoms with Crippen LogP contribution in [0.4, 0.5) is 19.0 Å². The lowest BCUT2D eigenvalue weighted by molar-refractivity contribution is -0.137. The number of piperidine rings is 1. The fraction of sp³-hybridized carbons (Fsp3) is 0.417. The number of alkyl halides is 3. The zero-order valence-electron chi connectivity index (χ0n) is 19.6. The monoisotopic (exact) mass is 508 g/mol. The predicted molar refractivity (Wildman–Crippen MR) is 126 cm³/mol. The molecule has 7 nitrogen and oxygen atoms in total. The first-order valence-electron chi connectivity index (χ1n) is 11.2. The Balaban J connectivity index is 1.55. The molecule has 1 amide bonds. The average Bonchev–Trinajstić information content (AvgIpc) is 2.98. The highest BCUT2D eigenvalue weighted by Gasteiger charge is 2.49. The van der Waals surface area contributed by atoms with Crippen molar-refractivity contribution in [2.75, 3.05) is 18.0 Å². The van der Waals surface area contributed by atoms with Crippen LogP contribution in [0.3, 0.4) is 0 Å². The van der Waals surface area contributed by atoms with Gasteiger partial charge in [-0.1, -0.05) is 30.3 Å². The highest BCUT2D eigenvalue weighted by atomic mass is 32.2. The number of rotatable bonds is 4. The van der Waals surface area contributed by atoms with E-state index < -0.39 is 33.2 Å². The van der Waals surface area contributed by atoms with Crippen molar-refractivity contribution < 1.29 is 26.4 Å². The van der Waals surface area contributed by atoms with E-state index in [1.165, 1.54) is 6.07 Å². The van der Waals surface area contributed by atoms with Gasteiger partial charge in [0.05, 0.1) is 11.1 Å². The summed E-state index contributed by atoms with van der Waals surface area (Å²) in [7, 11) is -4.07. The number of hydrogen-bond donors (Lipinski definition) is 1. The topological polar surface area (TPSA) is 82.6 Å². The van der Waals surface area contributed by atoms with E-state index in [0.717, 1.165) is 16.6 Å². The fourth-order valence-electron chi connectivity index (χ4n) is 4.40. The third kappa shape index (κ3) is 4.86. The summed E-state index contributed by atoms with van der Waals surface area (Å²) in [4.78, 5) is 19.1. The summed E-state index contributed by atoms with van der Waals surface area (Å²) in [5.74, 6) is -0.151. The zero-order chi connectivity index (χ0) is 25.6. The Morgan fingerprint density at radius 3 is 2.14 bits per heavy atom. The van der Waals surface area contributed by atoms with Gasteiger partial charge in [0.1, 0.15) is 16.4 Å². The van der Waals surface area contributed by atoms with Crippen molar-refractivity contribution in [2.24, 2.45) is 0 Å². The highest BCUT2D eigenvalue weighted by Crippen LogP contribution is 2.39. The molecule has 0 unspecified atom stereocenters. The van der Waals surface area contributed by atoms with Gasteiger partial charge >= 0.3 is 6.18 Å². The van der Waals surface area contributed by atoms with Gasteiger partial charge in [-0.2, -0.15) is 13.2 Å². The van der Waals surface area contributed by atoms with E-state index in [9.17, 15) is 26.4 Å². The van der Waals surface area contributed by atoms with Crippen molar-refractivity contribution in [3.05, 3.63) is 65.5 Å². The molecular formula is C24H27F3N4O3S. The van der Waals surface area contributed by atoms with E-state index in [1.807, 2.05) is 4.90 Å². The SMILES string of the molecule is CC(C)(C)N1C(=O)C(NC2CCN(c3ccc(C(F)(F)F)cn3)CC2)=C(c2ccccc2)S1(=O)=O. The number of hydrogen-bond acceptors (Lipinski definition) is 6. The lowest BCUT2D eigenvalue weighted by Crippen LogP contribution is -2.48. The molecule has 0 bridgehead atoms. The molecule has 0 spiro atoms. The van der Waals surface area contributed by atoms with Crippen LogP contribution in [0.2, 0.25) is 0 Å². The Labute approximate surface area is 202 Å². The van der Waals surface area contributed by atoms with Crippen molar-refractivity contribution in [1.29, 1.82) is 0 Å². The number of halogens is 3. The first-order valence-corrected chi connectivity index (χ1v) is 12.7. The van der Waals surface area contributed by atoms with Crippen LogP contribution in [0.5, 0.6) is 0 Å². The van der Waals surface area contributed by atoms with Crippen molar-refractivity contribution in [2.45, 2.75) is 51.4 Å². The van der Waals surface area contributed by atoms with Gasteiger partial charge in [-0.25, -0.2) is 17.7 Å². The second-order valence-electron chi connectivity index (χ2n) is 9.62. The second kappa shape index (κ2) is 8.85. The molecule has 0 atom stereocenters. The smallest absolute Gasteiger partial charge is 0.377 e. The number of nitrogens with zero attached hydrogens (tertiary/aromatic N) is 3. The number of sulfonamides is 1. The molecule has 3 heterocycles. The van der Waals surface area contributed by atoms with Crippen molar-refractivity contribution >= 4 is 26.7 Å². The standard InChI is InChI=1S/C24H27F3N4O3S/c1-23(2,3)31-22(32)20(21(35(31,33)34)16-7-5-4-6-8-16)29-18-11-13-30(14-12-18)19-10-9-17(15-28-19)24(25,26)27/h4-10,15,18,29H,11-14H2,1-3H3. The van der Waals surface area contributed by atoms with Crippen molar-refractivity contribution in [3.63, 3.8) is 0 Å². The average molecular weight is 509 g/mol. The van der Waals surface area contributed by atoms with Crippen LogP contribution in [-0.4, -0.2) is 48.3 Å². The van der Waals surface area contributed by atoms with E-state index in [2.05, 4.69) is 10.3 Å². The fourth-order valence-corrected chi connectivity index (χ4v) is 6.45. The Hall–Kier alpha value is -3.08. The number of carbonyl (C=O) groups is 1. The van der Waals surface area contributed by atoms with Gasteiger partial charge in [0.15, 0.2) is 0 Å². The van der Waals surface area contributed by atoms with Crippen LogP contribution < -0.4 is 10.2 Å². The largest absolute Gasteiger partial charge is 0.417 e. The Kier molecular flexibility index (Phi) is 6.33. The minimum atomic E-state index is -4.44. The molecular weight excluding hydrogens is 481 g/mol. The van der Waals surface area contributed by atoms with Crippen LogP contribution in [-0.2, 0) is 21.0 Å². The first-order chi connectivity index (χ1) is 16.3. The van der Waals surface area contributed by atoms with Crippen molar-refractivity contribution in [1.82, 2.24) is 14.6 Å². The molecule has 2 aliphatic rings. The molecule has 0 radical (unpaired) electrons. The molecule has 1 saturated heterocycles. The van der Waals surface area contributed by atoms with Crippen LogP contribution in [0.25, 0.3) is 4.91 Å². The lowest BCUT2D eigenvalue weighted by atomic mass is 10.0. The van der Waals surface area contributed by atoms with Gasteiger partial charge in [-0.15, -0.1) is 0 Å². The number of benzene rings is 1. The summed E-state index contributed by atoms with van der Waals surface area (Å²) < 4.78 is 66.2. The Morgan fingerprint density at radius 2 is 1.63 bits per heavy atom. The normalized spacial score (nSPS) is 19.4. The van der Waals surface area contributed by atoms with Crippen LogP contribution in [0, 0.1) is 0 Å². The minimum absolute atomic E-state index is 0.0372. The summed E-state index contributed by atoms with van der Waals surface area (Å²) in [5.41, 5.74) is -1.27. The van der Waals surface area contributed by atoms with Gasteiger partial charge in [-0.05, 0) is 51.3 Å². The summed E-state index contributed by atoms with van der Waals surface area (Å²) in [5, 5.41) is 3.19. The van der Waals surface area contributed by atoms with Gasteiger partial charge in [0.25, 0.3) is 15.9 Å². The highest BCUT2D eigenvalue weighted by molar-refractivity contribution is 7.99. The molecule has 1 aromatic carbocycles. The third-order valence-electron chi connectivity index (χ3n) is 6.01. The van der Waals surface area contributed by atoms with Crippen LogP contribution in [0.15, 0.2) is 54.4 Å². The first kappa shape index (κ1) is 25.0. The number of aromatic nitrogens is 1. The van der Waals surface area contributed by atoms with E-state index in [0.29, 0.717) is 37.3 Å². The Morgan fingerprint density at radius 1 is 1.00 bits per heavy atom. The molecule has 35 heavy (non-hydrogen) atoms. The summed E-state index contributed by atoms with van der Waals surface area (Å²) in [6.07, 6.45) is -2.52. The molecule has 11 heteroatoms. The van der Waals surface area contributed by atoms with E-state index in [4.69, 9.17) is 0 Å². The summed E-state index contributed by atoms with van der Waals surface area (Å²) >= 11 is 0. The van der Waals surface area contributed by atoms with E-state index in [-0.39, 0.29) is 16.6 Å². The molecule has 1 fully saturated rings. The maximum Gasteiger partial charge on any atom is 0.417 e. The summed E-state index contributed by atoms with van der Waals surface area (Å²) in [6.45, 7) is 6.00. The van der Waals surface area contributed by atoms with Gasteiger partial charge in [-0.3, -0.25) is 4.79 Å². The molecule has 2 aliphatic heterocycles. The second-order valence-corrected chi connectivity index (χ2v) is 11.3. The van der Waals surface area contributed by atoms with Crippen LogP contribution >= 0.6 is 0 Å². The number of amides is 1.